The average molecular weight is 456 g/mol. The molecule has 0 atom stereocenters. The third kappa shape index (κ3) is 4.84. The molecule has 2 amide bonds. The van der Waals surface area contributed by atoms with Crippen LogP contribution in [0, 0.1) is 0 Å². The number of thiophene rings is 1. The summed E-state index contributed by atoms with van der Waals surface area (Å²) in [6.07, 6.45) is 1.74. The predicted octanol–water partition coefficient (Wildman–Crippen LogP) is 4.04. The van der Waals surface area contributed by atoms with Gasteiger partial charge in [-0.05, 0) is 66.8 Å². The van der Waals surface area contributed by atoms with Crippen LogP contribution in [0.15, 0.2) is 70.9 Å². The predicted molar refractivity (Wildman–Crippen MR) is 121 cm³/mol. The van der Waals surface area contributed by atoms with Crippen LogP contribution >= 0.6 is 11.3 Å². The molecule has 0 radical (unpaired) electrons. The standard InChI is InChI=1S/C22H21N3O4S2/c26-21(16-8-10-19(11-9-16)31(28,29)25-12-1-2-13-25)23-17-5-3-6-18(15-17)24-22(27)20-7-4-14-30-20/h3-11,14-15H,1-2,12-13H2,(H,23,26)(H,24,27). The van der Waals surface area contributed by atoms with E-state index in [1.165, 1.54) is 39.9 Å². The minimum absolute atomic E-state index is 0.184. The van der Waals surface area contributed by atoms with Crippen molar-refractivity contribution in [1.82, 2.24) is 4.31 Å². The summed E-state index contributed by atoms with van der Waals surface area (Å²) in [5.41, 5.74) is 1.42. The Kier molecular flexibility index (Phi) is 6.17. The normalized spacial score (nSPS) is 14.3. The molecule has 1 fully saturated rings. The lowest BCUT2D eigenvalue weighted by Gasteiger charge is -2.15. The highest BCUT2D eigenvalue weighted by Gasteiger charge is 2.27. The second kappa shape index (κ2) is 9.01. The second-order valence-electron chi connectivity index (χ2n) is 7.10. The number of nitrogens with zero attached hydrogens (tertiary/aromatic N) is 1. The van der Waals surface area contributed by atoms with Crippen molar-refractivity contribution in [2.75, 3.05) is 23.7 Å². The van der Waals surface area contributed by atoms with Gasteiger partial charge in [-0.2, -0.15) is 4.31 Å². The van der Waals surface area contributed by atoms with Crippen molar-refractivity contribution in [1.29, 1.82) is 0 Å². The smallest absolute Gasteiger partial charge is 0.265 e. The van der Waals surface area contributed by atoms with Crippen LogP contribution in [0.3, 0.4) is 0 Å². The fourth-order valence-corrected chi connectivity index (χ4v) is 5.47. The van der Waals surface area contributed by atoms with Crippen LogP contribution in [0.2, 0.25) is 0 Å². The fourth-order valence-electron chi connectivity index (χ4n) is 3.33. The lowest BCUT2D eigenvalue weighted by molar-refractivity contribution is 0.102. The molecule has 3 aromatic rings. The summed E-state index contributed by atoms with van der Waals surface area (Å²) in [4.78, 5) is 25.6. The van der Waals surface area contributed by atoms with Crippen molar-refractivity contribution < 1.29 is 18.0 Å². The van der Waals surface area contributed by atoms with Crippen LogP contribution in [-0.4, -0.2) is 37.6 Å². The van der Waals surface area contributed by atoms with Crippen LogP contribution < -0.4 is 10.6 Å². The van der Waals surface area contributed by atoms with Crippen LogP contribution in [0.4, 0.5) is 11.4 Å². The third-order valence-electron chi connectivity index (χ3n) is 4.94. The summed E-state index contributed by atoms with van der Waals surface area (Å²) in [6.45, 7) is 1.06. The van der Waals surface area contributed by atoms with Gasteiger partial charge in [-0.1, -0.05) is 12.1 Å². The Morgan fingerprint density at radius 2 is 1.48 bits per heavy atom. The summed E-state index contributed by atoms with van der Waals surface area (Å²) < 4.78 is 26.7. The number of anilines is 2. The monoisotopic (exact) mass is 455 g/mol. The summed E-state index contributed by atoms with van der Waals surface area (Å²) >= 11 is 1.35. The van der Waals surface area contributed by atoms with Gasteiger partial charge in [-0.25, -0.2) is 8.42 Å². The largest absolute Gasteiger partial charge is 0.322 e. The first-order valence-electron chi connectivity index (χ1n) is 9.80. The first-order valence-corrected chi connectivity index (χ1v) is 12.1. The molecule has 2 aromatic carbocycles. The Bertz CT molecular complexity index is 1180. The van der Waals surface area contributed by atoms with Crippen molar-refractivity contribution in [3.63, 3.8) is 0 Å². The van der Waals surface area contributed by atoms with Gasteiger partial charge in [0.25, 0.3) is 11.8 Å². The molecule has 1 aromatic heterocycles. The van der Waals surface area contributed by atoms with Gasteiger partial charge in [0.1, 0.15) is 0 Å². The highest BCUT2D eigenvalue weighted by atomic mass is 32.2. The van der Waals surface area contributed by atoms with E-state index in [0.717, 1.165) is 12.8 Å². The molecule has 160 valence electrons. The number of carbonyl (C=O) groups is 2. The van der Waals surface area contributed by atoms with E-state index in [0.29, 0.717) is 34.9 Å². The molecule has 9 heteroatoms. The molecular weight excluding hydrogens is 434 g/mol. The quantitative estimate of drug-likeness (QED) is 0.586. The van der Waals surface area contributed by atoms with Gasteiger partial charge in [-0.15, -0.1) is 11.3 Å². The minimum atomic E-state index is -3.51. The minimum Gasteiger partial charge on any atom is -0.322 e. The summed E-state index contributed by atoms with van der Waals surface area (Å²) in [7, 11) is -3.51. The van der Waals surface area contributed by atoms with Crippen LogP contribution in [0.25, 0.3) is 0 Å². The third-order valence-corrected chi connectivity index (χ3v) is 7.72. The van der Waals surface area contributed by atoms with E-state index < -0.39 is 10.0 Å². The molecule has 1 aliphatic heterocycles. The van der Waals surface area contributed by atoms with Crippen molar-refractivity contribution in [2.45, 2.75) is 17.7 Å². The van der Waals surface area contributed by atoms with E-state index in [4.69, 9.17) is 0 Å². The average Bonchev–Trinajstić information content (AvgIpc) is 3.48. The SMILES string of the molecule is O=C(Nc1cccc(NC(=O)c2cccs2)c1)c1ccc(S(=O)(=O)N2CCCC2)cc1. The van der Waals surface area contributed by atoms with Crippen molar-refractivity contribution >= 4 is 44.5 Å². The number of hydrogen-bond donors (Lipinski definition) is 2. The fraction of sp³-hybridized carbons (Fsp3) is 0.182. The summed E-state index contributed by atoms with van der Waals surface area (Å²) in [5.74, 6) is -0.583. The highest BCUT2D eigenvalue weighted by molar-refractivity contribution is 7.89. The number of hydrogen-bond acceptors (Lipinski definition) is 5. The topological polar surface area (TPSA) is 95.6 Å². The molecule has 0 aliphatic carbocycles. The summed E-state index contributed by atoms with van der Waals surface area (Å²) in [5, 5.41) is 7.40. The number of rotatable bonds is 6. The van der Waals surface area contributed by atoms with Gasteiger partial charge in [0.2, 0.25) is 10.0 Å². The Labute approximate surface area is 184 Å². The molecule has 2 heterocycles. The molecule has 2 N–H and O–H groups in total. The molecule has 4 rings (SSSR count). The zero-order valence-corrected chi connectivity index (χ0v) is 18.2. The molecule has 7 nitrogen and oxygen atoms in total. The van der Waals surface area contributed by atoms with E-state index in [9.17, 15) is 18.0 Å². The molecule has 1 aliphatic rings. The molecule has 0 saturated carbocycles. The van der Waals surface area contributed by atoms with Crippen LogP contribution in [0.1, 0.15) is 32.9 Å². The Hall–Kier alpha value is -3.01. The maximum atomic E-state index is 12.6. The Morgan fingerprint density at radius 3 is 2.10 bits per heavy atom. The van der Waals surface area contributed by atoms with E-state index in [1.807, 2.05) is 5.38 Å². The molecular formula is C22H21N3O4S2. The van der Waals surface area contributed by atoms with Crippen molar-refractivity contribution in [3.8, 4) is 0 Å². The highest BCUT2D eigenvalue weighted by Crippen LogP contribution is 2.22. The van der Waals surface area contributed by atoms with Gasteiger partial charge < -0.3 is 10.6 Å². The maximum absolute atomic E-state index is 12.6. The van der Waals surface area contributed by atoms with E-state index in [2.05, 4.69) is 10.6 Å². The van der Waals surface area contributed by atoms with Gasteiger partial charge in [-0.3, -0.25) is 9.59 Å². The molecule has 0 unspecified atom stereocenters. The maximum Gasteiger partial charge on any atom is 0.265 e. The van der Waals surface area contributed by atoms with Gasteiger partial charge in [0.05, 0.1) is 9.77 Å². The van der Waals surface area contributed by atoms with Crippen molar-refractivity contribution in [3.05, 3.63) is 76.5 Å². The number of benzene rings is 2. The number of carbonyl (C=O) groups excluding carboxylic acids is 2. The zero-order chi connectivity index (χ0) is 21.8. The van der Waals surface area contributed by atoms with Crippen molar-refractivity contribution in [2.24, 2.45) is 0 Å². The zero-order valence-electron chi connectivity index (χ0n) is 16.6. The molecule has 0 spiro atoms. The number of sulfonamides is 1. The Balaban J connectivity index is 1.43. The number of nitrogens with one attached hydrogen (secondary N) is 2. The molecule has 1 saturated heterocycles. The molecule has 0 bridgehead atoms. The first-order chi connectivity index (χ1) is 14.9. The van der Waals surface area contributed by atoms with E-state index in [-0.39, 0.29) is 16.7 Å². The van der Waals surface area contributed by atoms with Gasteiger partial charge in [0, 0.05) is 30.0 Å². The summed E-state index contributed by atoms with van der Waals surface area (Å²) in [6, 6.07) is 16.3. The Morgan fingerprint density at radius 1 is 0.839 bits per heavy atom. The second-order valence-corrected chi connectivity index (χ2v) is 9.99. The lowest BCUT2D eigenvalue weighted by atomic mass is 10.2. The first kappa shape index (κ1) is 21.2. The van der Waals surface area contributed by atoms with Crippen LogP contribution in [0.5, 0.6) is 0 Å². The molecule has 31 heavy (non-hydrogen) atoms. The lowest BCUT2D eigenvalue weighted by Crippen LogP contribution is -2.27. The van der Waals surface area contributed by atoms with E-state index >= 15 is 0 Å². The van der Waals surface area contributed by atoms with Crippen LogP contribution in [-0.2, 0) is 10.0 Å². The van der Waals surface area contributed by atoms with Gasteiger partial charge in [0.15, 0.2) is 0 Å². The van der Waals surface area contributed by atoms with Gasteiger partial charge >= 0.3 is 0 Å². The van der Waals surface area contributed by atoms with E-state index in [1.54, 1.807) is 36.4 Å². The number of amides is 2.